The smallest absolute Gasteiger partial charge is 0.242 e. The molecule has 0 aliphatic rings. The molecule has 0 bridgehead atoms. The first-order chi connectivity index (χ1) is 14.7. The van der Waals surface area contributed by atoms with Crippen molar-refractivity contribution in [2.24, 2.45) is 0 Å². The van der Waals surface area contributed by atoms with E-state index in [4.69, 9.17) is 11.6 Å². The Morgan fingerprint density at radius 2 is 1.61 bits per heavy atom. The van der Waals surface area contributed by atoms with Crippen molar-refractivity contribution < 1.29 is 18.0 Å². The van der Waals surface area contributed by atoms with Crippen LogP contribution < -0.4 is 10.0 Å². The summed E-state index contributed by atoms with van der Waals surface area (Å²) in [6.45, 7) is 1.42. The van der Waals surface area contributed by atoms with Crippen molar-refractivity contribution in [1.29, 1.82) is 0 Å². The van der Waals surface area contributed by atoms with Gasteiger partial charge in [0.25, 0.3) is 0 Å². The molecule has 0 heterocycles. The SMILES string of the molecule is C[C@H](NS(=O)(=O)c1ccc(Br)cc1)C(=O)Nc1ccc(Cl)cc1C(=O)c1ccccc1. The van der Waals surface area contributed by atoms with Gasteiger partial charge >= 0.3 is 0 Å². The minimum Gasteiger partial charge on any atom is -0.324 e. The van der Waals surface area contributed by atoms with E-state index < -0.39 is 22.0 Å². The van der Waals surface area contributed by atoms with Crippen molar-refractivity contribution in [3.05, 3.63) is 93.4 Å². The van der Waals surface area contributed by atoms with Crippen molar-refractivity contribution >= 4 is 54.9 Å². The van der Waals surface area contributed by atoms with Crippen molar-refractivity contribution in [3.63, 3.8) is 0 Å². The normalized spacial score (nSPS) is 12.2. The van der Waals surface area contributed by atoms with E-state index in [2.05, 4.69) is 26.0 Å². The van der Waals surface area contributed by atoms with Gasteiger partial charge in [0.2, 0.25) is 15.9 Å². The highest BCUT2D eigenvalue weighted by Crippen LogP contribution is 2.24. The standard InChI is InChI=1S/C22H18BrClN2O4S/c1-14(26-31(29,30)18-10-7-16(23)8-11-18)22(28)25-20-12-9-17(24)13-19(20)21(27)15-5-3-2-4-6-15/h2-14,26H,1H3,(H,25,28)/t14-/m0/s1. The van der Waals surface area contributed by atoms with E-state index in [-0.39, 0.29) is 21.9 Å². The average molecular weight is 522 g/mol. The van der Waals surface area contributed by atoms with Crippen LogP contribution in [-0.2, 0) is 14.8 Å². The number of amides is 1. The molecule has 1 amide bonds. The molecule has 0 aliphatic carbocycles. The van der Waals surface area contributed by atoms with Gasteiger partial charge in [-0.05, 0) is 49.4 Å². The molecule has 3 aromatic carbocycles. The molecule has 0 saturated heterocycles. The fourth-order valence-corrected chi connectivity index (χ4v) is 4.41. The first-order valence-electron chi connectivity index (χ1n) is 9.15. The monoisotopic (exact) mass is 520 g/mol. The zero-order chi connectivity index (χ0) is 22.6. The summed E-state index contributed by atoms with van der Waals surface area (Å²) < 4.78 is 28.1. The number of benzene rings is 3. The van der Waals surface area contributed by atoms with Crippen LogP contribution in [0.15, 0.2) is 82.2 Å². The maximum Gasteiger partial charge on any atom is 0.242 e. The van der Waals surface area contributed by atoms with Crippen LogP contribution in [0.25, 0.3) is 0 Å². The number of carbonyl (C=O) groups is 2. The Morgan fingerprint density at radius 3 is 2.26 bits per heavy atom. The van der Waals surface area contributed by atoms with Gasteiger partial charge in [-0.15, -0.1) is 0 Å². The molecule has 0 aliphatic heterocycles. The molecule has 3 rings (SSSR count). The van der Waals surface area contributed by atoms with Gasteiger partial charge in [0, 0.05) is 20.6 Å². The third-order valence-corrected chi connectivity index (χ3v) is 6.69. The molecule has 160 valence electrons. The number of rotatable bonds is 7. The predicted molar refractivity (Wildman–Crippen MR) is 124 cm³/mol. The molecule has 0 saturated carbocycles. The number of sulfonamides is 1. The zero-order valence-corrected chi connectivity index (χ0v) is 19.5. The molecule has 0 aromatic heterocycles. The maximum atomic E-state index is 12.9. The number of ketones is 1. The summed E-state index contributed by atoms with van der Waals surface area (Å²) in [5, 5.41) is 2.95. The van der Waals surface area contributed by atoms with Gasteiger partial charge in [-0.25, -0.2) is 8.42 Å². The van der Waals surface area contributed by atoms with Crippen LogP contribution in [0.4, 0.5) is 5.69 Å². The molecular formula is C22H18BrClN2O4S. The molecule has 31 heavy (non-hydrogen) atoms. The number of nitrogens with one attached hydrogen (secondary N) is 2. The lowest BCUT2D eigenvalue weighted by atomic mass is 10.0. The lowest BCUT2D eigenvalue weighted by Crippen LogP contribution is -2.41. The lowest BCUT2D eigenvalue weighted by Gasteiger charge is -2.16. The molecule has 0 spiro atoms. The Balaban J connectivity index is 1.80. The van der Waals surface area contributed by atoms with E-state index in [0.717, 1.165) is 4.47 Å². The molecule has 9 heteroatoms. The Morgan fingerprint density at radius 1 is 0.968 bits per heavy atom. The summed E-state index contributed by atoms with van der Waals surface area (Å²) in [6.07, 6.45) is 0. The molecule has 0 fully saturated rings. The van der Waals surface area contributed by atoms with Crippen molar-refractivity contribution in [2.75, 3.05) is 5.32 Å². The lowest BCUT2D eigenvalue weighted by molar-refractivity contribution is -0.117. The van der Waals surface area contributed by atoms with E-state index in [1.807, 2.05) is 0 Å². The van der Waals surface area contributed by atoms with Crippen LogP contribution in [0, 0.1) is 0 Å². The highest BCUT2D eigenvalue weighted by molar-refractivity contribution is 9.10. The summed E-state index contributed by atoms with van der Waals surface area (Å²) in [5.41, 5.74) is 0.872. The number of hydrogen-bond acceptors (Lipinski definition) is 4. The van der Waals surface area contributed by atoms with Gasteiger partial charge in [0.1, 0.15) is 0 Å². The Kier molecular flexibility index (Phi) is 7.27. The fraction of sp³-hybridized carbons (Fsp3) is 0.0909. The second kappa shape index (κ2) is 9.74. The summed E-state index contributed by atoms with van der Waals surface area (Å²) in [5.74, 6) is -0.938. The highest BCUT2D eigenvalue weighted by atomic mass is 79.9. The third-order valence-electron chi connectivity index (χ3n) is 4.37. The van der Waals surface area contributed by atoms with Crippen molar-refractivity contribution in [3.8, 4) is 0 Å². The predicted octanol–water partition coefficient (Wildman–Crippen LogP) is 4.64. The van der Waals surface area contributed by atoms with Crippen LogP contribution in [0.2, 0.25) is 5.02 Å². The van der Waals surface area contributed by atoms with Crippen molar-refractivity contribution in [2.45, 2.75) is 17.9 Å². The van der Waals surface area contributed by atoms with Gasteiger partial charge < -0.3 is 5.32 Å². The number of halogens is 2. The molecule has 2 N–H and O–H groups in total. The van der Waals surface area contributed by atoms with Gasteiger partial charge in [-0.2, -0.15) is 4.72 Å². The molecule has 1 atom stereocenters. The van der Waals surface area contributed by atoms with Crippen LogP contribution in [0.1, 0.15) is 22.8 Å². The largest absolute Gasteiger partial charge is 0.324 e. The van der Waals surface area contributed by atoms with Crippen LogP contribution in [0.5, 0.6) is 0 Å². The Labute approximate surface area is 193 Å². The number of hydrogen-bond donors (Lipinski definition) is 2. The second-order valence-corrected chi connectivity index (χ2v) is 9.74. The van der Waals surface area contributed by atoms with E-state index in [0.29, 0.717) is 10.6 Å². The second-order valence-electron chi connectivity index (χ2n) is 6.67. The van der Waals surface area contributed by atoms with Gasteiger partial charge in [-0.1, -0.05) is 57.9 Å². The topological polar surface area (TPSA) is 92.3 Å². The van der Waals surface area contributed by atoms with Crippen LogP contribution >= 0.6 is 27.5 Å². The molecule has 0 radical (unpaired) electrons. The first-order valence-corrected chi connectivity index (χ1v) is 11.8. The summed E-state index contributed by atoms with van der Waals surface area (Å²) in [7, 11) is -3.91. The molecule has 3 aromatic rings. The summed E-state index contributed by atoms with van der Waals surface area (Å²) in [6, 6.07) is 18.0. The molecule has 0 unspecified atom stereocenters. The van der Waals surface area contributed by atoms with Gasteiger partial charge in [0.05, 0.1) is 16.6 Å². The Hall–Kier alpha value is -2.52. The number of anilines is 1. The quantitative estimate of drug-likeness (QED) is 0.443. The average Bonchev–Trinajstić information content (AvgIpc) is 2.75. The highest BCUT2D eigenvalue weighted by Gasteiger charge is 2.24. The molecular weight excluding hydrogens is 504 g/mol. The maximum absolute atomic E-state index is 12.9. The molecule has 6 nitrogen and oxygen atoms in total. The van der Waals surface area contributed by atoms with Gasteiger partial charge in [-0.3, -0.25) is 9.59 Å². The van der Waals surface area contributed by atoms with E-state index in [1.165, 1.54) is 37.3 Å². The minimum absolute atomic E-state index is 0.0294. The zero-order valence-electron chi connectivity index (χ0n) is 16.3. The summed E-state index contributed by atoms with van der Waals surface area (Å²) in [4.78, 5) is 25.6. The fourth-order valence-electron chi connectivity index (χ4n) is 2.77. The summed E-state index contributed by atoms with van der Waals surface area (Å²) >= 11 is 9.30. The Bertz CT molecular complexity index is 1220. The number of carbonyl (C=O) groups excluding carboxylic acids is 2. The van der Waals surface area contributed by atoms with E-state index in [9.17, 15) is 18.0 Å². The van der Waals surface area contributed by atoms with Crippen LogP contribution in [0.3, 0.4) is 0 Å². The minimum atomic E-state index is -3.91. The van der Waals surface area contributed by atoms with Crippen molar-refractivity contribution in [1.82, 2.24) is 4.72 Å². The van der Waals surface area contributed by atoms with E-state index >= 15 is 0 Å². The third kappa shape index (κ3) is 5.80. The van der Waals surface area contributed by atoms with E-state index in [1.54, 1.807) is 42.5 Å². The van der Waals surface area contributed by atoms with Crippen LogP contribution in [-0.4, -0.2) is 26.2 Å². The first kappa shape index (κ1) is 23.1. The van der Waals surface area contributed by atoms with Gasteiger partial charge in [0.15, 0.2) is 5.78 Å².